The van der Waals surface area contributed by atoms with E-state index in [2.05, 4.69) is 4.98 Å². The number of Topliss-reactive ketones (excluding diaryl/α,β-unsaturated/α-hetero) is 1. The number of benzene rings is 2. The molecule has 0 saturated carbocycles. The van der Waals surface area contributed by atoms with Crippen molar-refractivity contribution in [3.05, 3.63) is 59.3 Å². The van der Waals surface area contributed by atoms with Gasteiger partial charge in [-0.2, -0.15) is 0 Å². The van der Waals surface area contributed by atoms with Gasteiger partial charge in [0.1, 0.15) is 0 Å². The molecule has 0 bridgehead atoms. The van der Waals surface area contributed by atoms with Crippen LogP contribution in [0.4, 0.5) is 0 Å². The van der Waals surface area contributed by atoms with Gasteiger partial charge in [-0.1, -0.05) is 44.2 Å². The van der Waals surface area contributed by atoms with Crippen LogP contribution in [0.5, 0.6) is 0 Å². The van der Waals surface area contributed by atoms with Gasteiger partial charge in [-0.25, -0.2) is 4.79 Å². The number of hydrogen-bond donors (Lipinski definition) is 2. The van der Waals surface area contributed by atoms with Crippen LogP contribution in [0.2, 0.25) is 0 Å². The zero-order valence-electron chi connectivity index (χ0n) is 14.6. The molecule has 0 spiro atoms. The molecule has 1 atom stereocenters. The third kappa shape index (κ3) is 2.95. The second-order valence-corrected chi connectivity index (χ2v) is 6.43. The predicted molar refractivity (Wildman–Crippen MR) is 99.2 cm³/mol. The molecule has 0 saturated heterocycles. The van der Waals surface area contributed by atoms with Crippen LogP contribution in [-0.4, -0.2) is 21.8 Å². The highest BCUT2D eigenvalue weighted by molar-refractivity contribution is 6.12. The standard InChI is InChI=1S/C21H21NO3/c1-4-12(2)20(23)19-18(14-8-6-5-7-9-14)16-11-15(21(24)25)13(3)10-17(16)22-19/h5-12,22H,4H2,1-3H3,(H,24,25). The quantitative estimate of drug-likeness (QED) is 0.639. The molecule has 0 aliphatic carbocycles. The Bertz CT molecular complexity index is 954. The lowest BCUT2D eigenvalue weighted by Crippen LogP contribution is -2.11. The fourth-order valence-electron chi connectivity index (χ4n) is 3.10. The van der Waals surface area contributed by atoms with Crippen molar-refractivity contribution in [1.29, 1.82) is 0 Å². The minimum Gasteiger partial charge on any atom is -0.478 e. The van der Waals surface area contributed by atoms with Crippen LogP contribution >= 0.6 is 0 Å². The van der Waals surface area contributed by atoms with Crippen molar-refractivity contribution in [1.82, 2.24) is 4.98 Å². The third-order valence-corrected chi connectivity index (χ3v) is 4.74. The summed E-state index contributed by atoms with van der Waals surface area (Å²) in [5.74, 6) is -1.02. The number of H-pyrrole nitrogens is 1. The average Bonchev–Trinajstić information content (AvgIpc) is 2.98. The van der Waals surface area contributed by atoms with Gasteiger partial charge in [-0.05, 0) is 36.6 Å². The maximum atomic E-state index is 12.9. The first-order valence-electron chi connectivity index (χ1n) is 8.43. The molecule has 3 aromatic rings. The van der Waals surface area contributed by atoms with E-state index in [4.69, 9.17) is 0 Å². The lowest BCUT2D eigenvalue weighted by Gasteiger charge is -2.09. The SMILES string of the molecule is CCC(C)C(=O)c1[nH]c2cc(C)c(C(=O)O)cc2c1-c1ccccc1. The first-order valence-corrected chi connectivity index (χ1v) is 8.43. The monoisotopic (exact) mass is 335 g/mol. The molecule has 1 unspecified atom stereocenters. The maximum Gasteiger partial charge on any atom is 0.335 e. The van der Waals surface area contributed by atoms with E-state index in [1.807, 2.05) is 44.2 Å². The summed E-state index contributed by atoms with van der Waals surface area (Å²) in [5, 5.41) is 10.2. The van der Waals surface area contributed by atoms with Crippen LogP contribution in [0.3, 0.4) is 0 Å². The molecular weight excluding hydrogens is 314 g/mol. The van der Waals surface area contributed by atoms with E-state index in [1.165, 1.54) is 0 Å². The number of aromatic carboxylic acids is 1. The number of aryl methyl sites for hydroxylation is 1. The number of hydrogen-bond acceptors (Lipinski definition) is 2. The normalized spacial score (nSPS) is 12.3. The summed E-state index contributed by atoms with van der Waals surface area (Å²) in [6.07, 6.45) is 0.752. The molecule has 4 heteroatoms. The van der Waals surface area contributed by atoms with E-state index in [0.29, 0.717) is 11.3 Å². The molecule has 1 heterocycles. The first kappa shape index (κ1) is 17.0. The van der Waals surface area contributed by atoms with Crippen molar-refractivity contribution in [3.63, 3.8) is 0 Å². The van der Waals surface area contributed by atoms with Gasteiger partial charge in [0, 0.05) is 22.4 Å². The Labute approximate surface area is 146 Å². The summed E-state index contributed by atoms with van der Waals surface area (Å²) < 4.78 is 0. The van der Waals surface area contributed by atoms with E-state index in [0.717, 1.165) is 28.5 Å². The zero-order chi connectivity index (χ0) is 18.1. The van der Waals surface area contributed by atoms with Crippen LogP contribution in [0.25, 0.3) is 22.0 Å². The largest absolute Gasteiger partial charge is 0.478 e. The lowest BCUT2D eigenvalue weighted by molar-refractivity contribution is 0.0696. The van der Waals surface area contributed by atoms with Crippen molar-refractivity contribution in [2.45, 2.75) is 27.2 Å². The number of carbonyl (C=O) groups is 2. The van der Waals surface area contributed by atoms with E-state index in [1.54, 1.807) is 19.1 Å². The molecule has 25 heavy (non-hydrogen) atoms. The highest BCUT2D eigenvalue weighted by atomic mass is 16.4. The smallest absolute Gasteiger partial charge is 0.335 e. The first-order chi connectivity index (χ1) is 11.9. The molecule has 0 fully saturated rings. The third-order valence-electron chi connectivity index (χ3n) is 4.74. The van der Waals surface area contributed by atoms with Crippen molar-refractivity contribution >= 4 is 22.7 Å². The second kappa shape index (κ2) is 6.55. The van der Waals surface area contributed by atoms with Gasteiger partial charge >= 0.3 is 5.97 Å². The van der Waals surface area contributed by atoms with Crippen LogP contribution < -0.4 is 0 Å². The van der Waals surface area contributed by atoms with Crippen molar-refractivity contribution in [3.8, 4) is 11.1 Å². The topological polar surface area (TPSA) is 70.2 Å². The maximum absolute atomic E-state index is 12.9. The average molecular weight is 335 g/mol. The number of nitrogens with one attached hydrogen (secondary N) is 1. The summed E-state index contributed by atoms with van der Waals surface area (Å²) in [4.78, 5) is 27.7. The minimum atomic E-state index is -0.964. The fraction of sp³-hybridized carbons (Fsp3) is 0.238. The molecule has 2 N–H and O–H groups in total. The molecular formula is C21H21NO3. The Morgan fingerprint density at radius 1 is 1.16 bits per heavy atom. The number of rotatable bonds is 5. The highest BCUT2D eigenvalue weighted by Crippen LogP contribution is 2.35. The number of carboxylic acids is 1. The van der Waals surface area contributed by atoms with Gasteiger partial charge in [0.25, 0.3) is 0 Å². The summed E-state index contributed by atoms with van der Waals surface area (Å²) in [7, 11) is 0. The van der Waals surface area contributed by atoms with Crippen molar-refractivity contribution < 1.29 is 14.7 Å². The van der Waals surface area contributed by atoms with Crippen LogP contribution in [0, 0.1) is 12.8 Å². The van der Waals surface area contributed by atoms with Gasteiger partial charge < -0.3 is 10.1 Å². The summed E-state index contributed by atoms with van der Waals surface area (Å²) in [6, 6.07) is 13.1. The number of aromatic amines is 1. The number of aromatic nitrogens is 1. The zero-order valence-corrected chi connectivity index (χ0v) is 14.6. The molecule has 0 aliphatic rings. The van der Waals surface area contributed by atoms with E-state index >= 15 is 0 Å². The summed E-state index contributed by atoms with van der Waals surface area (Å²) >= 11 is 0. The highest BCUT2D eigenvalue weighted by Gasteiger charge is 2.23. The fourth-order valence-corrected chi connectivity index (χ4v) is 3.10. The van der Waals surface area contributed by atoms with Gasteiger partial charge in [0.15, 0.2) is 5.78 Å². The second-order valence-electron chi connectivity index (χ2n) is 6.43. The number of carboxylic acid groups (broad SMARTS) is 1. The molecule has 0 aliphatic heterocycles. The van der Waals surface area contributed by atoms with Gasteiger partial charge in [0.2, 0.25) is 0 Å². The number of carbonyl (C=O) groups excluding carboxylic acids is 1. The van der Waals surface area contributed by atoms with Gasteiger partial charge in [-0.15, -0.1) is 0 Å². The molecule has 2 aromatic carbocycles. The van der Waals surface area contributed by atoms with Gasteiger partial charge in [-0.3, -0.25) is 4.79 Å². The van der Waals surface area contributed by atoms with Crippen molar-refractivity contribution in [2.24, 2.45) is 5.92 Å². The number of fused-ring (bicyclic) bond motifs is 1. The van der Waals surface area contributed by atoms with E-state index < -0.39 is 5.97 Å². The van der Waals surface area contributed by atoms with E-state index in [9.17, 15) is 14.7 Å². The Kier molecular flexibility index (Phi) is 4.45. The Hall–Kier alpha value is -2.88. The molecule has 4 nitrogen and oxygen atoms in total. The predicted octanol–water partition coefficient (Wildman–Crippen LogP) is 5.07. The molecule has 0 amide bonds. The molecule has 128 valence electrons. The molecule has 0 radical (unpaired) electrons. The Morgan fingerprint density at radius 2 is 1.84 bits per heavy atom. The van der Waals surface area contributed by atoms with Crippen molar-refractivity contribution in [2.75, 3.05) is 0 Å². The van der Waals surface area contributed by atoms with Crippen LogP contribution in [0.15, 0.2) is 42.5 Å². The van der Waals surface area contributed by atoms with Gasteiger partial charge in [0.05, 0.1) is 11.3 Å². The number of ketones is 1. The Morgan fingerprint density at radius 3 is 2.44 bits per heavy atom. The Balaban J connectivity index is 2.35. The van der Waals surface area contributed by atoms with E-state index in [-0.39, 0.29) is 17.3 Å². The lowest BCUT2D eigenvalue weighted by atomic mass is 9.93. The molecule has 1 aromatic heterocycles. The minimum absolute atomic E-state index is 0.0482. The summed E-state index contributed by atoms with van der Waals surface area (Å²) in [6.45, 7) is 5.67. The molecule has 3 rings (SSSR count). The van der Waals surface area contributed by atoms with Crippen LogP contribution in [-0.2, 0) is 0 Å². The van der Waals surface area contributed by atoms with Crippen LogP contribution in [0.1, 0.15) is 46.7 Å². The summed E-state index contributed by atoms with van der Waals surface area (Å²) in [5.41, 5.74) is 3.95.